The minimum absolute atomic E-state index is 0.120. The molecule has 1 atom stereocenters. The number of carbonyl (C=O) groups is 2. The predicted molar refractivity (Wildman–Crippen MR) is 189 cm³/mol. The fraction of sp³-hybridized carbons (Fsp3) is 0.143. The fourth-order valence-electron chi connectivity index (χ4n) is 4.26. The van der Waals surface area contributed by atoms with Crippen molar-refractivity contribution < 1.29 is 9.59 Å². The van der Waals surface area contributed by atoms with Crippen LogP contribution in [0.3, 0.4) is 0 Å². The van der Waals surface area contributed by atoms with Gasteiger partial charge in [-0.25, -0.2) is 5.43 Å². The largest absolute Gasteiger partial charge is 0.369 e. The van der Waals surface area contributed by atoms with Crippen LogP contribution in [0.5, 0.6) is 0 Å². The van der Waals surface area contributed by atoms with Gasteiger partial charge in [-0.3, -0.25) is 14.6 Å². The number of benzene rings is 4. The molecule has 0 aromatic heterocycles. The summed E-state index contributed by atoms with van der Waals surface area (Å²) >= 11 is 0. The summed E-state index contributed by atoms with van der Waals surface area (Å²) in [5, 5.41) is 14.7. The maximum atomic E-state index is 13.1. The number of hydrogen-bond acceptors (Lipinski definition) is 6. The van der Waals surface area contributed by atoms with Crippen LogP contribution in [-0.2, 0) is 6.42 Å². The second-order valence-electron chi connectivity index (χ2n) is 10.3. The first-order valence-electron chi connectivity index (χ1n) is 14.6. The van der Waals surface area contributed by atoms with E-state index in [0.29, 0.717) is 29.0 Å². The van der Waals surface area contributed by atoms with Gasteiger partial charge in [0, 0.05) is 18.2 Å². The predicted octanol–water partition coefficient (Wildman–Crippen LogP) is 3.44. The van der Waals surface area contributed by atoms with Crippen LogP contribution >= 0.6 is 0 Å². The van der Waals surface area contributed by atoms with Crippen LogP contribution in [0, 0.1) is 0 Å². The monoisotopic (exact) mass is 632 g/mol. The van der Waals surface area contributed by atoms with Gasteiger partial charge in [0.1, 0.15) is 0 Å². The molecule has 0 bridgehead atoms. The SMILES string of the molecule is C/C(=N\N=C(N)N)c1cccc(C(N)=O)c1.CN=C(N)N/N=C(\C)c1cccc(C(=O)N[C@@H](Cc2ccccc2)c2ccccc2)c1. The van der Waals surface area contributed by atoms with Crippen LogP contribution in [0.1, 0.15) is 62.9 Å². The van der Waals surface area contributed by atoms with E-state index in [1.807, 2.05) is 73.7 Å². The molecule has 0 fully saturated rings. The third kappa shape index (κ3) is 11.6. The van der Waals surface area contributed by atoms with Gasteiger partial charge < -0.3 is 28.3 Å². The lowest BCUT2D eigenvalue weighted by Crippen LogP contribution is -2.30. The Bertz CT molecular complexity index is 1760. The van der Waals surface area contributed by atoms with Crippen molar-refractivity contribution >= 4 is 35.2 Å². The maximum absolute atomic E-state index is 13.1. The second-order valence-corrected chi connectivity index (χ2v) is 10.3. The normalized spacial score (nSPS) is 12.2. The first kappa shape index (κ1) is 35.2. The van der Waals surface area contributed by atoms with Crippen molar-refractivity contribution in [2.75, 3.05) is 7.05 Å². The molecule has 0 heterocycles. The third-order valence-corrected chi connectivity index (χ3v) is 6.79. The molecular weight excluding hydrogens is 592 g/mol. The van der Waals surface area contributed by atoms with E-state index in [9.17, 15) is 9.59 Å². The van der Waals surface area contributed by atoms with Gasteiger partial charge in [-0.15, -0.1) is 5.10 Å². The molecule has 12 heteroatoms. The first-order chi connectivity index (χ1) is 22.6. The van der Waals surface area contributed by atoms with Crippen LogP contribution in [0.15, 0.2) is 129 Å². The van der Waals surface area contributed by atoms with Crippen molar-refractivity contribution in [2.45, 2.75) is 26.3 Å². The van der Waals surface area contributed by atoms with Crippen molar-refractivity contribution in [3.8, 4) is 0 Å². The van der Waals surface area contributed by atoms with Crippen LogP contribution in [0.2, 0.25) is 0 Å². The zero-order chi connectivity index (χ0) is 34.2. The minimum atomic E-state index is -0.489. The standard InChI is InChI=1S/C25H27N5O.C10H13N5O/c1-18(29-30-25(26)27-2)21-14-9-15-22(17-21)24(31)28-23(20-12-7-4-8-13-20)16-19-10-5-3-6-11-19;1-6(14-15-10(12)13)7-3-2-4-8(5-7)9(11)16/h3-15,17,23H,16H2,1-2H3,(H,28,31)(H3,26,27,30);2-5H,1H3,(H2,11,16)(H4,12,13,15)/b29-18+;14-6+/t23-;/m0./s1. The summed E-state index contributed by atoms with van der Waals surface area (Å²) in [4.78, 5) is 27.9. The Kier molecular flexibility index (Phi) is 13.4. The van der Waals surface area contributed by atoms with Crippen molar-refractivity contribution in [2.24, 2.45) is 43.2 Å². The van der Waals surface area contributed by atoms with E-state index in [-0.39, 0.29) is 23.9 Å². The number of nitrogens with zero attached hydrogens (tertiary/aromatic N) is 4. The van der Waals surface area contributed by atoms with Gasteiger partial charge in [-0.1, -0.05) is 84.9 Å². The molecule has 12 nitrogen and oxygen atoms in total. The van der Waals surface area contributed by atoms with E-state index in [1.54, 1.807) is 44.3 Å². The number of nitrogens with one attached hydrogen (secondary N) is 2. The van der Waals surface area contributed by atoms with Crippen molar-refractivity contribution in [1.29, 1.82) is 0 Å². The summed E-state index contributed by atoms with van der Waals surface area (Å²) in [5.74, 6) is -0.524. The molecule has 242 valence electrons. The van der Waals surface area contributed by atoms with E-state index < -0.39 is 5.91 Å². The maximum Gasteiger partial charge on any atom is 0.251 e. The highest BCUT2D eigenvalue weighted by Gasteiger charge is 2.17. The molecule has 0 saturated carbocycles. The number of rotatable bonds is 10. The van der Waals surface area contributed by atoms with Gasteiger partial charge in [-0.05, 0) is 66.8 Å². The minimum Gasteiger partial charge on any atom is -0.369 e. The van der Waals surface area contributed by atoms with Gasteiger partial charge in [0.15, 0.2) is 0 Å². The van der Waals surface area contributed by atoms with Gasteiger partial charge in [0.05, 0.1) is 17.5 Å². The van der Waals surface area contributed by atoms with E-state index in [2.05, 4.69) is 43.2 Å². The average Bonchev–Trinajstić information content (AvgIpc) is 3.10. The van der Waals surface area contributed by atoms with Crippen LogP contribution in [0.4, 0.5) is 0 Å². The highest BCUT2D eigenvalue weighted by atomic mass is 16.2. The quantitative estimate of drug-likeness (QED) is 0.0875. The van der Waals surface area contributed by atoms with Crippen molar-refractivity contribution in [3.63, 3.8) is 0 Å². The molecule has 0 radical (unpaired) electrons. The average molecular weight is 633 g/mol. The van der Waals surface area contributed by atoms with E-state index in [1.165, 1.54) is 0 Å². The first-order valence-corrected chi connectivity index (χ1v) is 14.6. The Morgan fingerprint density at radius 2 is 1.23 bits per heavy atom. The molecule has 0 saturated heterocycles. The molecule has 4 aromatic carbocycles. The molecule has 2 amide bonds. The van der Waals surface area contributed by atoms with Gasteiger partial charge in [-0.2, -0.15) is 10.2 Å². The molecule has 0 unspecified atom stereocenters. The Morgan fingerprint density at radius 3 is 1.83 bits per heavy atom. The third-order valence-electron chi connectivity index (χ3n) is 6.79. The topological polar surface area (TPSA) is 212 Å². The lowest BCUT2D eigenvalue weighted by Gasteiger charge is -2.20. The highest BCUT2D eigenvalue weighted by molar-refractivity contribution is 6.03. The lowest BCUT2D eigenvalue weighted by atomic mass is 9.98. The van der Waals surface area contributed by atoms with Gasteiger partial charge >= 0.3 is 0 Å². The lowest BCUT2D eigenvalue weighted by molar-refractivity contribution is 0.0935. The molecule has 4 aromatic rings. The number of amides is 2. The van der Waals surface area contributed by atoms with E-state index >= 15 is 0 Å². The Labute approximate surface area is 274 Å². The van der Waals surface area contributed by atoms with Gasteiger partial charge in [0.2, 0.25) is 17.8 Å². The zero-order valence-corrected chi connectivity index (χ0v) is 26.6. The molecule has 0 aliphatic heterocycles. The van der Waals surface area contributed by atoms with Crippen LogP contribution in [-0.4, -0.2) is 42.2 Å². The number of nitrogens with two attached hydrogens (primary N) is 4. The van der Waals surface area contributed by atoms with Crippen LogP contribution in [0.25, 0.3) is 0 Å². The summed E-state index contributed by atoms with van der Waals surface area (Å²) < 4.78 is 0. The molecule has 0 aliphatic carbocycles. The van der Waals surface area contributed by atoms with Crippen LogP contribution < -0.4 is 33.7 Å². The molecular formula is C35H40N10O2. The number of carbonyl (C=O) groups excluding carboxylic acids is 2. The van der Waals surface area contributed by atoms with E-state index in [4.69, 9.17) is 22.9 Å². The number of hydrogen-bond donors (Lipinski definition) is 6. The molecule has 4 rings (SSSR count). The fourth-order valence-corrected chi connectivity index (χ4v) is 4.26. The van der Waals surface area contributed by atoms with Gasteiger partial charge in [0.25, 0.3) is 5.91 Å². The summed E-state index contributed by atoms with van der Waals surface area (Å²) in [7, 11) is 1.58. The number of aliphatic imine (C=N–C) groups is 1. The van der Waals surface area contributed by atoms with E-state index in [0.717, 1.165) is 22.3 Å². The number of hydrazone groups is 1. The summed E-state index contributed by atoms with van der Waals surface area (Å²) in [6.07, 6.45) is 0.705. The smallest absolute Gasteiger partial charge is 0.251 e. The molecule has 0 spiro atoms. The zero-order valence-electron chi connectivity index (χ0n) is 26.6. The number of guanidine groups is 2. The highest BCUT2D eigenvalue weighted by Crippen LogP contribution is 2.19. The number of primary amides is 1. The Morgan fingerprint density at radius 1 is 0.681 bits per heavy atom. The summed E-state index contributed by atoms with van der Waals surface area (Å²) in [6, 6.07) is 34.1. The van der Waals surface area contributed by atoms with Crippen molar-refractivity contribution in [1.82, 2.24) is 10.7 Å². The summed E-state index contributed by atoms with van der Waals surface area (Å²) in [5.41, 5.74) is 29.8. The second kappa shape index (κ2) is 17.9. The molecule has 10 N–H and O–H groups in total. The molecule has 0 aliphatic rings. The summed E-state index contributed by atoms with van der Waals surface area (Å²) in [6.45, 7) is 3.57. The van der Waals surface area contributed by atoms with Crippen molar-refractivity contribution in [3.05, 3.63) is 143 Å². The molecule has 47 heavy (non-hydrogen) atoms. The Balaban J connectivity index is 0.000000316. The Hall–Kier alpha value is -6.30.